The van der Waals surface area contributed by atoms with Crippen molar-refractivity contribution in [1.29, 1.82) is 0 Å². The predicted molar refractivity (Wildman–Crippen MR) is 66.5 cm³/mol. The highest BCUT2D eigenvalue weighted by atomic mass is 16.2. The maximum atomic E-state index is 11.8. The van der Waals surface area contributed by atoms with Crippen molar-refractivity contribution in [3.63, 3.8) is 0 Å². The van der Waals surface area contributed by atoms with Gasteiger partial charge in [-0.3, -0.25) is 9.48 Å². The Hall–Kier alpha value is -2.22. The lowest BCUT2D eigenvalue weighted by Gasteiger charge is -2.26. The molecule has 0 unspecified atom stereocenters. The van der Waals surface area contributed by atoms with Gasteiger partial charge >= 0.3 is 0 Å². The van der Waals surface area contributed by atoms with Gasteiger partial charge in [0.2, 0.25) is 0 Å². The Labute approximate surface area is 109 Å². The number of carbonyl (C=O) groups excluding carboxylic acids is 1. The number of aromatic nitrogens is 5. The lowest BCUT2D eigenvalue weighted by Crippen LogP contribution is -2.43. The monoisotopic (exact) mass is 261 g/mol. The van der Waals surface area contributed by atoms with Crippen molar-refractivity contribution in [2.45, 2.75) is 12.6 Å². The summed E-state index contributed by atoms with van der Waals surface area (Å²) in [7, 11) is 0. The standard InChI is InChI=1S/C11H15N7O/c19-11(13-3-5-17-4-1-2-14-17)10-8-18(16-15-10)9-6-12-7-9/h1-2,4,8-9,12H,3,5-7H2,(H,13,19). The van der Waals surface area contributed by atoms with Gasteiger partial charge in [0.05, 0.1) is 18.8 Å². The average molecular weight is 261 g/mol. The highest BCUT2D eigenvalue weighted by Crippen LogP contribution is 2.09. The van der Waals surface area contributed by atoms with Gasteiger partial charge in [-0.15, -0.1) is 5.10 Å². The zero-order valence-electron chi connectivity index (χ0n) is 10.4. The van der Waals surface area contributed by atoms with Gasteiger partial charge in [0.1, 0.15) is 0 Å². The molecule has 19 heavy (non-hydrogen) atoms. The van der Waals surface area contributed by atoms with E-state index in [1.807, 2.05) is 12.3 Å². The minimum Gasteiger partial charge on any atom is -0.349 e. The van der Waals surface area contributed by atoms with Crippen LogP contribution in [0.4, 0.5) is 0 Å². The normalized spacial score (nSPS) is 15.2. The third kappa shape index (κ3) is 2.63. The lowest BCUT2D eigenvalue weighted by molar-refractivity contribution is 0.0947. The maximum Gasteiger partial charge on any atom is 0.273 e. The Morgan fingerprint density at radius 2 is 2.42 bits per heavy atom. The van der Waals surface area contributed by atoms with Crippen LogP contribution in [0.25, 0.3) is 0 Å². The second kappa shape index (κ2) is 5.19. The van der Waals surface area contributed by atoms with E-state index >= 15 is 0 Å². The van der Waals surface area contributed by atoms with E-state index in [9.17, 15) is 4.79 Å². The predicted octanol–water partition coefficient (Wildman–Crippen LogP) is -0.951. The largest absolute Gasteiger partial charge is 0.349 e. The second-order valence-corrected chi connectivity index (χ2v) is 4.42. The molecule has 1 aliphatic heterocycles. The van der Waals surface area contributed by atoms with Crippen LogP contribution in [0.1, 0.15) is 16.5 Å². The summed E-state index contributed by atoms with van der Waals surface area (Å²) in [5.41, 5.74) is 0.354. The first-order valence-corrected chi connectivity index (χ1v) is 6.21. The van der Waals surface area contributed by atoms with Gasteiger partial charge in [0.25, 0.3) is 5.91 Å². The van der Waals surface area contributed by atoms with Crippen molar-refractivity contribution < 1.29 is 4.79 Å². The number of carbonyl (C=O) groups is 1. The van der Waals surface area contributed by atoms with E-state index in [-0.39, 0.29) is 5.91 Å². The van der Waals surface area contributed by atoms with Crippen LogP contribution in [-0.2, 0) is 6.54 Å². The molecule has 8 heteroatoms. The van der Waals surface area contributed by atoms with E-state index in [4.69, 9.17) is 0 Å². The first-order chi connectivity index (χ1) is 9.33. The van der Waals surface area contributed by atoms with Gasteiger partial charge < -0.3 is 10.6 Å². The fourth-order valence-corrected chi connectivity index (χ4v) is 1.83. The van der Waals surface area contributed by atoms with Crippen molar-refractivity contribution in [2.24, 2.45) is 0 Å². The molecule has 2 N–H and O–H groups in total. The Bertz CT molecular complexity index is 543. The molecule has 0 aliphatic carbocycles. The van der Waals surface area contributed by atoms with E-state index in [0.717, 1.165) is 13.1 Å². The van der Waals surface area contributed by atoms with Gasteiger partial charge in [0, 0.05) is 32.0 Å². The summed E-state index contributed by atoms with van der Waals surface area (Å²) in [5.74, 6) is -0.203. The molecule has 0 saturated carbocycles. The van der Waals surface area contributed by atoms with Crippen LogP contribution in [0.3, 0.4) is 0 Å². The second-order valence-electron chi connectivity index (χ2n) is 4.42. The number of nitrogens with one attached hydrogen (secondary N) is 2. The van der Waals surface area contributed by atoms with Crippen molar-refractivity contribution >= 4 is 5.91 Å². The van der Waals surface area contributed by atoms with Crippen LogP contribution in [-0.4, -0.2) is 50.3 Å². The van der Waals surface area contributed by atoms with Crippen LogP contribution in [0, 0.1) is 0 Å². The van der Waals surface area contributed by atoms with Gasteiger partial charge in [-0.1, -0.05) is 5.21 Å². The molecular formula is C11H15N7O. The van der Waals surface area contributed by atoms with E-state index < -0.39 is 0 Å². The number of nitrogens with zero attached hydrogens (tertiary/aromatic N) is 5. The molecule has 2 aromatic heterocycles. The molecule has 1 amide bonds. The van der Waals surface area contributed by atoms with Crippen molar-refractivity contribution in [3.05, 3.63) is 30.4 Å². The topological polar surface area (TPSA) is 89.7 Å². The van der Waals surface area contributed by atoms with E-state index in [1.54, 1.807) is 21.8 Å². The molecule has 100 valence electrons. The third-order valence-electron chi connectivity index (χ3n) is 3.06. The van der Waals surface area contributed by atoms with Gasteiger partial charge in [0.15, 0.2) is 5.69 Å². The molecule has 1 aliphatic rings. The van der Waals surface area contributed by atoms with E-state index in [0.29, 0.717) is 24.8 Å². The summed E-state index contributed by atoms with van der Waals surface area (Å²) >= 11 is 0. The third-order valence-corrected chi connectivity index (χ3v) is 3.06. The minimum absolute atomic E-state index is 0.203. The molecule has 0 aromatic carbocycles. The zero-order valence-corrected chi connectivity index (χ0v) is 10.4. The van der Waals surface area contributed by atoms with Gasteiger partial charge in [-0.05, 0) is 6.07 Å². The van der Waals surface area contributed by atoms with Crippen LogP contribution in [0.2, 0.25) is 0 Å². The highest BCUT2D eigenvalue weighted by molar-refractivity contribution is 5.91. The number of hydrogen-bond donors (Lipinski definition) is 2. The summed E-state index contributed by atoms with van der Waals surface area (Å²) in [6.07, 6.45) is 5.25. The Morgan fingerprint density at radius 3 is 3.11 bits per heavy atom. The maximum absolute atomic E-state index is 11.8. The van der Waals surface area contributed by atoms with Crippen LogP contribution in [0.5, 0.6) is 0 Å². The molecule has 0 spiro atoms. The van der Waals surface area contributed by atoms with Crippen molar-refractivity contribution in [2.75, 3.05) is 19.6 Å². The van der Waals surface area contributed by atoms with E-state index in [2.05, 4.69) is 26.0 Å². The Balaban J connectivity index is 1.50. The van der Waals surface area contributed by atoms with Crippen molar-refractivity contribution in [1.82, 2.24) is 35.4 Å². The number of hydrogen-bond acceptors (Lipinski definition) is 5. The molecule has 3 rings (SSSR count). The molecule has 1 saturated heterocycles. The molecule has 0 radical (unpaired) electrons. The lowest BCUT2D eigenvalue weighted by atomic mass is 10.2. The molecule has 3 heterocycles. The summed E-state index contributed by atoms with van der Waals surface area (Å²) in [6.45, 7) is 2.91. The summed E-state index contributed by atoms with van der Waals surface area (Å²) in [6, 6.07) is 2.16. The molecule has 8 nitrogen and oxygen atoms in total. The highest BCUT2D eigenvalue weighted by Gasteiger charge is 2.21. The number of rotatable bonds is 5. The Kier molecular flexibility index (Phi) is 3.23. The molecule has 0 atom stereocenters. The van der Waals surface area contributed by atoms with Gasteiger partial charge in [-0.2, -0.15) is 5.10 Å². The molecule has 0 bridgehead atoms. The van der Waals surface area contributed by atoms with Crippen LogP contribution in [0.15, 0.2) is 24.7 Å². The smallest absolute Gasteiger partial charge is 0.273 e. The summed E-state index contributed by atoms with van der Waals surface area (Å²) in [5, 5.41) is 17.9. The van der Waals surface area contributed by atoms with Crippen LogP contribution < -0.4 is 10.6 Å². The Morgan fingerprint density at radius 1 is 1.53 bits per heavy atom. The molecule has 1 fully saturated rings. The SMILES string of the molecule is O=C(NCCn1cccn1)c1cn(C2CNC2)nn1. The summed E-state index contributed by atoms with van der Waals surface area (Å²) < 4.78 is 3.50. The fourth-order valence-electron chi connectivity index (χ4n) is 1.83. The van der Waals surface area contributed by atoms with E-state index in [1.165, 1.54) is 0 Å². The fraction of sp³-hybridized carbons (Fsp3) is 0.455. The quantitative estimate of drug-likeness (QED) is 0.724. The number of amides is 1. The van der Waals surface area contributed by atoms with Crippen LogP contribution >= 0.6 is 0 Å². The first-order valence-electron chi connectivity index (χ1n) is 6.21. The zero-order chi connectivity index (χ0) is 13.1. The first kappa shape index (κ1) is 11.8. The minimum atomic E-state index is -0.203. The average Bonchev–Trinajstić information content (AvgIpc) is 2.97. The molecular weight excluding hydrogens is 246 g/mol. The molecule has 2 aromatic rings. The summed E-state index contributed by atoms with van der Waals surface area (Å²) in [4.78, 5) is 11.8. The van der Waals surface area contributed by atoms with Crippen molar-refractivity contribution in [3.8, 4) is 0 Å². The van der Waals surface area contributed by atoms with Gasteiger partial charge in [-0.25, -0.2) is 4.68 Å².